The summed E-state index contributed by atoms with van der Waals surface area (Å²) >= 11 is 0. The maximum atomic E-state index is 9.02. The van der Waals surface area contributed by atoms with Gasteiger partial charge in [-0.3, -0.25) is 4.90 Å². The molecule has 5 rings (SSSR count). The van der Waals surface area contributed by atoms with Crippen molar-refractivity contribution in [1.82, 2.24) is 15.0 Å². The Morgan fingerprint density at radius 3 is 2.40 bits per heavy atom. The highest BCUT2D eigenvalue weighted by Crippen LogP contribution is 2.30. The van der Waals surface area contributed by atoms with Crippen molar-refractivity contribution in [3.05, 3.63) is 94.7 Å². The summed E-state index contributed by atoms with van der Waals surface area (Å²) < 4.78 is 12.0. The van der Waals surface area contributed by atoms with E-state index in [9.17, 15) is 0 Å². The molecule has 0 saturated carbocycles. The molecule has 0 atom stereocenters. The van der Waals surface area contributed by atoms with Gasteiger partial charge in [-0.05, 0) is 100 Å². The summed E-state index contributed by atoms with van der Waals surface area (Å²) in [6.45, 7) is 4.55. The van der Waals surface area contributed by atoms with Gasteiger partial charge in [0, 0.05) is 24.0 Å². The van der Waals surface area contributed by atoms with Gasteiger partial charge in [-0.2, -0.15) is 5.26 Å². The van der Waals surface area contributed by atoms with E-state index in [0.29, 0.717) is 12.2 Å². The number of ether oxygens (including phenoxy) is 1. The van der Waals surface area contributed by atoms with Crippen LogP contribution in [0.15, 0.2) is 71.3 Å². The quantitative estimate of drug-likeness (QED) is 0.200. The van der Waals surface area contributed by atoms with Crippen molar-refractivity contribution >= 4 is 35.8 Å². The van der Waals surface area contributed by atoms with Crippen LogP contribution in [0.1, 0.15) is 47.2 Å². The summed E-state index contributed by atoms with van der Waals surface area (Å²) in [5.41, 5.74) is 6.16. The minimum absolute atomic E-state index is 0. The molecule has 2 heterocycles. The van der Waals surface area contributed by atoms with E-state index in [0.717, 1.165) is 78.5 Å². The normalized spacial score (nSPS) is 13.9. The van der Waals surface area contributed by atoms with Crippen molar-refractivity contribution < 1.29 is 9.26 Å². The second kappa shape index (κ2) is 15.1. The number of halogens is 2. The Morgan fingerprint density at radius 2 is 1.73 bits per heavy atom. The van der Waals surface area contributed by atoms with Gasteiger partial charge in [0.1, 0.15) is 12.4 Å². The molecule has 40 heavy (non-hydrogen) atoms. The van der Waals surface area contributed by atoms with Crippen LogP contribution in [0.2, 0.25) is 0 Å². The van der Waals surface area contributed by atoms with Crippen LogP contribution in [0.4, 0.5) is 0 Å². The number of piperidine rings is 1. The molecule has 212 valence electrons. The fourth-order valence-corrected chi connectivity index (χ4v) is 5.36. The summed E-state index contributed by atoms with van der Waals surface area (Å²) in [7, 11) is 4.12. The van der Waals surface area contributed by atoms with E-state index in [2.05, 4.69) is 77.6 Å². The summed E-state index contributed by atoms with van der Waals surface area (Å²) in [5, 5.41) is 14.7. The molecule has 1 aliphatic heterocycles. The lowest BCUT2D eigenvalue weighted by Gasteiger charge is -2.32. The minimum Gasteiger partial charge on any atom is -0.489 e. The third-order valence-corrected chi connectivity index (χ3v) is 7.51. The first-order chi connectivity index (χ1) is 18.6. The third kappa shape index (κ3) is 7.99. The van der Waals surface area contributed by atoms with Crippen LogP contribution < -0.4 is 4.74 Å². The van der Waals surface area contributed by atoms with E-state index in [1.165, 1.54) is 18.4 Å². The first-order valence-corrected chi connectivity index (χ1v) is 13.5. The Labute approximate surface area is 249 Å². The van der Waals surface area contributed by atoms with Gasteiger partial charge in [0.2, 0.25) is 0 Å². The lowest BCUT2D eigenvalue weighted by molar-refractivity contribution is 0.172. The zero-order valence-electron chi connectivity index (χ0n) is 23.2. The zero-order valence-corrected chi connectivity index (χ0v) is 24.8. The molecular weight excluding hydrogens is 543 g/mol. The maximum absolute atomic E-state index is 9.02. The van der Waals surface area contributed by atoms with Gasteiger partial charge in [-0.15, -0.1) is 24.8 Å². The highest BCUT2D eigenvalue weighted by atomic mass is 35.5. The van der Waals surface area contributed by atoms with E-state index < -0.39 is 0 Å². The lowest BCUT2D eigenvalue weighted by Crippen LogP contribution is -2.33. The standard InChI is InChI=1S/C32H36N4O2.2ClH/c1-35(2)22-30-27(23-37-28-12-8-25(20-33)9-13-28)11-14-29-31(34-38-32(29)30)15-10-24-16-18-36(19-17-24)21-26-6-4-3-5-7-26;;/h3-9,11-14,24H,10,15-19,21-23H2,1-2H3;2*1H. The number of benzene rings is 3. The van der Waals surface area contributed by atoms with Gasteiger partial charge < -0.3 is 14.2 Å². The number of aryl methyl sites for hydroxylation is 1. The molecule has 1 fully saturated rings. The Morgan fingerprint density at radius 1 is 1.00 bits per heavy atom. The van der Waals surface area contributed by atoms with Crippen LogP contribution in [0.5, 0.6) is 5.75 Å². The zero-order chi connectivity index (χ0) is 26.3. The first-order valence-electron chi connectivity index (χ1n) is 13.5. The molecule has 0 spiro atoms. The number of aromatic nitrogens is 1. The first kappa shape index (κ1) is 31.4. The molecule has 1 saturated heterocycles. The van der Waals surface area contributed by atoms with E-state index >= 15 is 0 Å². The highest BCUT2D eigenvalue weighted by Gasteiger charge is 2.21. The Hall–Kier alpha value is -3.08. The fourth-order valence-electron chi connectivity index (χ4n) is 5.36. The second-order valence-electron chi connectivity index (χ2n) is 10.6. The molecule has 1 aliphatic rings. The molecule has 0 radical (unpaired) electrons. The number of hydrogen-bond acceptors (Lipinski definition) is 6. The fraction of sp³-hybridized carbons (Fsp3) is 0.375. The van der Waals surface area contributed by atoms with Gasteiger partial charge >= 0.3 is 0 Å². The third-order valence-electron chi connectivity index (χ3n) is 7.51. The molecule has 0 N–H and O–H groups in total. The predicted octanol–water partition coefficient (Wildman–Crippen LogP) is 7.03. The van der Waals surface area contributed by atoms with Crippen molar-refractivity contribution in [3.63, 3.8) is 0 Å². The van der Waals surface area contributed by atoms with E-state index in [-0.39, 0.29) is 24.8 Å². The van der Waals surface area contributed by atoms with Crippen LogP contribution in [-0.2, 0) is 26.1 Å². The van der Waals surface area contributed by atoms with Crippen molar-refractivity contribution in [2.75, 3.05) is 27.2 Å². The molecular formula is C32H38Cl2N4O2. The molecule has 0 bridgehead atoms. The summed E-state index contributed by atoms with van der Waals surface area (Å²) in [6, 6.07) is 24.4. The molecule has 4 aromatic rings. The van der Waals surface area contributed by atoms with Gasteiger partial charge in [0.25, 0.3) is 0 Å². The summed E-state index contributed by atoms with van der Waals surface area (Å²) in [4.78, 5) is 4.72. The number of hydrogen-bond donors (Lipinski definition) is 0. The Kier molecular flexibility index (Phi) is 11.8. The van der Waals surface area contributed by atoms with Crippen molar-refractivity contribution in [3.8, 4) is 11.8 Å². The SMILES string of the molecule is CN(C)Cc1c(COc2ccc(C#N)cc2)ccc2c(CCC3CCN(Cc4ccccc4)CC3)noc12.Cl.Cl. The number of rotatable bonds is 10. The van der Waals surface area contributed by atoms with E-state index in [4.69, 9.17) is 14.5 Å². The predicted molar refractivity (Wildman–Crippen MR) is 164 cm³/mol. The van der Waals surface area contributed by atoms with Crippen LogP contribution in [-0.4, -0.2) is 42.1 Å². The number of fused-ring (bicyclic) bond motifs is 1. The molecule has 0 unspecified atom stereocenters. The summed E-state index contributed by atoms with van der Waals surface area (Å²) in [6.07, 6.45) is 4.57. The van der Waals surface area contributed by atoms with Gasteiger partial charge in [0.05, 0.1) is 17.3 Å². The molecule has 0 aliphatic carbocycles. The average molecular weight is 582 g/mol. The van der Waals surface area contributed by atoms with Crippen LogP contribution in [0.25, 0.3) is 11.0 Å². The Bertz CT molecular complexity index is 1380. The molecule has 1 aromatic heterocycles. The monoisotopic (exact) mass is 580 g/mol. The van der Waals surface area contributed by atoms with Gasteiger partial charge in [-0.1, -0.05) is 41.6 Å². The van der Waals surface area contributed by atoms with E-state index in [1.807, 2.05) is 12.1 Å². The van der Waals surface area contributed by atoms with Crippen LogP contribution in [0.3, 0.4) is 0 Å². The van der Waals surface area contributed by atoms with Gasteiger partial charge in [0.15, 0.2) is 5.58 Å². The Balaban J connectivity index is 0.00000220. The lowest BCUT2D eigenvalue weighted by atomic mass is 9.90. The van der Waals surface area contributed by atoms with Crippen LogP contribution in [0, 0.1) is 17.2 Å². The average Bonchev–Trinajstić information content (AvgIpc) is 3.36. The maximum Gasteiger partial charge on any atom is 0.172 e. The summed E-state index contributed by atoms with van der Waals surface area (Å²) in [5.74, 6) is 1.48. The van der Waals surface area contributed by atoms with E-state index in [1.54, 1.807) is 12.1 Å². The molecule has 8 heteroatoms. The van der Waals surface area contributed by atoms with Crippen molar-refractivity contribution in [2.24, 2.45) is 5.92 Å². The minimum atomic E-state index is 0. The highest BCUT2D eigenvalue weighted by molar-refractivity contribution is 5.85. The molecule has 6 nitrogen and oxygen atoms in total. The van der Waals surface area contributed by atoms with Gasteiger partial charge in [-0.25, -0.2) is 0 Å². The largest absolute Gasteiger partial charge is 0.489 e. The molecule has 0 amide bonds. The van der Waals surface area contributed by atoms with Crippen LogP contribution >= 0.6 is 24.8 Å². The number of likely N-dealkylation sites (tertiary alicyclic amines) is 1. The number of nitrogens with zero attached hydrogens (tertiary/aromatic N) is 4. The van der Waals surface area contributed by atoms with Crippen molar-refractivity contribution in [2.45, 2.75) is 45.4 Å². The topological polar surface area (TPSA) is 65.5 Å². The smallest absolute Gasteiger partial charge is 0.172 e. The molecule has 3 aromatic carbocycles. The number of nitriles is 1. The van der Waals surface area contributed by atoms with Crippen molar-refractivity contribution in [1.29, 1.82) is 5.26 Å². The second-order valence-corrected chi connectivity index (χ2v) is 10.6.